The summed E-state index contributed by atoms with van der Waals surface area (Å²) in [5, 5.41) is 15.4. The molecule has 0 aromatic carbocycles. The molecule has 1 aliphatic carbocycles. The van der Waals surface area contributed by atoms with Crippen LogP contribution in [-0.4, -0.2) is 43.0 Å². The Kier molecular flexibility index (Phi) is 4.62. The van der Waals surface area contributed by atoms with Crippen LogP contribution >= 0.6 is 0 Å². The summed E-state index contributed by atoms with van der Waals surface area (Å²) in [4.78, 5) is 11.5. The van der Waals surface area contributed by atoms with E-state index in [2.05, 4.69) is 10.6 Å². The topological polar surface area (TPSA) is 70.6 Å². The Hall–Kier alpha value is -0.810. The summed E-state index contributed by atoms with van der Waals surface area (Å²) >= 11 is 0. The van der Waals surface area contributed by atoms with Gasteiger partial charge in [-0.15, -0.1) is 0 Å². The van der Waals surface area contributed by atoms with Gasteiger partial charge >= 0.3 is 6.03 Å². The smallest absolute Gasteiger partial charge is 0.315 e. The maximum Gasteiger partial charge on any atom is 0.315 e. The molecule has 98 valence electrons. The molecule has 0 bridgehead atoms. The second-order valence-corrected chi connectivity index (χ2v) is 4.98. The maximum atomic E-state index is 11.5. The fourth-order valence-electron chi connectivity index (χ4n) is 2.13. The SMILES string of the molecule is O=C(NCCC(O)C1CC1)NC1CCOCC1. The molecule has 3 N–H and O–H groups in total. The Morgan fingerprint density at radius 1 is 1.29 bits per heavy atom. The van der Waals surface area contributed by atoms with Crippen molar-refractivity contribution < 1.29 is 14.6 Å². The van der Waals surface area contributed by atoms with E-state index in [9.17, 15) is 9.90 Å². The highest BCUT2D eigenvalue weighted by molar-refractivity contribution is 5.74. The Labute approximate surface area is 102 Å². The van der Waals surface area contributed by atoms with Crippen LogP contribution in [0, 0.1) is 5.92 Å². The van der Waals surface area contributed by atoms with E-state index in [0.717, 1.165) is 38.9 Å². The van der Waals surface area contributed by atoms with Crippen LogP contribution in [-0.2, 0) is 4.74 Å². The van der Waals surface area contributed by atoms with Crippen molar-refractivity contribution in [1.82, 2.24) is 10.6 Å². The lowest BCUT2D eigenvalue weighted by molar-refractivity contribution is 0.0800. The third kappa shape index (κ3) is 4.52. The number of hydrogen-bond acceptors (Lipinski definition) is 3. The Bertz CT molecular complexity index is 250. The number of aliphatic hydroxyl groups is 1. The van der Waals surface area contributed by atoms with Crippen molar-refractivity contribution in [2.75, 3.05) is 19.8 Å². The zero-order chi connectivity index (χ0) is 12.1. The van der Waals surface area contributed by atoms with E-state index >= 15 is 0 Å². The third-order valence-electron chi connectivity index (χ3n) is 3.45. The van der Waals surface area contributed by atoms with Gasteiger partial charge in [0.05, 0.1) is 6.10 Å². The number of hydrogen-bond donors (Lipinski definition) is 3. The minimum Gasteiger partial charge on any atom is -0.393 e. The lowest BCUT2D eigenvalue weighted by atomic mass is 10.1. The monoisotopic (exact) mass is 242 g/mol. The first kappa shape index (κ1) is 12.6. The predicted molar refractivity (Wildman–Crippen MR) is 63.7 cm³/mol. The molecular formula is C12H22N2O3. The summed E-state index contributed by atoms with van der Waals surface area (Å²) in [6.07, 6.45) is 4.46. The average molecular weight is 242 g/mol. The van der Waals surface area contributed by atoms with E-state index in [0.29, 0.717) is 18.9 Å². The van der Waals surface area contributed by atoms with Crippen LogP contribution in [0.1, 0.15) is 32.1 Å². The molecular weight excluding hydrogens is 220 g/mol. The fraction of sp³-hybridized carbons (Fsp3) is 0.917. The van der Waals surface area contributed by atoms with Crippen LogP contribution in [0.2, 0.25) is 0 Å². The summed E-state index contributed by atoms with van der Waals surface area (Å²) in [6, 6.07) is 0.108. The highest BCUT2D eigenvalue weighted by atomic mass is 16.5. The molecule has 2 aliphatic rings. The first-order valence-electron chi connectivity index (χ1n) is 6.56. The van der Waals surface area contributed by atoms with Gasteiger partial charge in [-0.25, -0.2) is 4.79 Å². The number of rotatable bonds is 5. The van der Waals surface area contributed by atoms with E-state index < -0.39 is 0 Å². The number of amides is 2. The van der Waals surface area contributed by atoms with Crippen molar-refractivity contribution >= 4 is 6.03 Å². The van der Waals surface area contributed by atoms with Crippen LogP contribution in [0.25, 0.3) is 0 Å². The Balaban J connectivity index is 1.53. The molecule has 2 amide bonds. The number of ether oxygens (including phenoxy) is 1. The van der Waals surface area contributed by atoms with Gasteiger partial charge in [0.15, 0.2) is 0 Å². The van der Waals surface area contributed by atoms with E-state index in [1.165, 1.54) is 0 Å². The van der Waals surface area contributed by atoms with Gasteiger partial charge in [-0.1, -0.05) is 0 Å². The summed E-state index contributed by atoms with van der Waals surface area (Å²) in [6.45, 7) is 2.00. The standard InChI is InChI=1S/C12H22N2O3/c15-11(9-1-2-9)3-6-13-12(16)14-10-4-7-17-8-5-10/h9-11,15H,1-8H2,(H2,13,14,16). The summed E-state index contributed by atoms with van der Waals surface area (Å²) < 4.78 is 5.22. The average Bonchev–Trinajstić information content (AvgIpc) is 3.14. The van der Waals surface area contributed by atoms with Gasteiger partial charge < -0.3 is 20.5 Å². The van der Waals surface area contributed by atoms with Gasteiger partial charge in [0, 0.05) is 25.8 Å². The van der Waals surface area contributed by atoms with E-state index in [4.69, 9.17) is 4.74 Å². The number of urea groups is 1. The molecule has 0 spiro atoms. The van der Waals surface area contributed by atoms with Gasteiger partial charge in [-0.2, -0.15) is 0 Å². The van der Waals surface area contributed by atoms with Crippen LogP contribution in [0.4, 0.5) is 4.79 Å². The molecule has 1 saturated heterocycles. The molecule has 2 rings (SSSR count). The van der Waals surface area contributed by atoms with Crippen molar-refractivity contribution in [3.8, 4) is 0 Å². The number of nitrogens with one attached hydrogen (secondary N) is 2. The van der Waals surface area contributed by atoms with Crippen LogP contribution in [0.15, 0.2) is 0 Å². The first-order valence-corrected chi connectivity index (χ1v) is 6.56. The molecule has 5 nitrogen and oxygen atoms in total. The number of carbonyl (C=O) groups is 1. The molecule has 1 saturated carbocycles. The van der Waals surface area contributed by atoms with Crippen molar-refractivity contribution in [2.45, 2.75) is 44.2 Å². The molecule has 1 aliphatic heterocycles. The predicted octanol–water partition coefficient (Wildman–Crippen LogP) is 0.626. The lowest BCUT2D eigenvalue weighted by Crippen LogP contribution is -2.45. The fourth-order valence-corrected chi connectivity index (χ4v) is 2.13. The van der Waals surface area contributed by atoms with Gasteiger partial charge in [0.1, 0.15) is 0 Å². The summed E-state index contributed by atoms with van der Waals surface area (Å²) in [7, 11) is 0. The molecule has 5 heteroatoms. The Morgan fingerprint density at radius 2 is 2.00 bits per heavy atom. The number of aliphatic hydroxyl groups excluding tert-OH is 1. The zero-order valence-electron chi connectivity index (χ0n) is 10.2. The Morgan fingerprint density at radius 3 is 2.65 bits per heavy atom. The van der Waals surface area contributed by atoms with Crippen LogP contribution < -0.4 is 10.6 Å². The van der Waals surface area contributed by atoms with Crippen LogP contribution in [0.5, 0.6) is 0 Å². The van der Waals surface area contributed by atoms with E-state index in [-0.39, 0.29) is 18.2 Å². The van der Waals surface area contributed by atoms with Gasteiger partial charge in [0.25, 0.3) is 0 Å². The minimum atomic E-state index is -0.238. The van der Waals surface area contributed by atoms with Crippen LogP contribution in [0.3, 0.4) is 0 Å². The second kappa shape index (κ2) is 6.21. The summed E-state index contributed by atoms with van der Waals surface area (Å²) in [5.41, 5.74) is 0. The van der Waals surface area contributed by atoms with Crippen molar-refractivity contribution in [2.24, 2.45) is 5.92 Å². The van der Waals surface area contributed by atoms with Crippen molar-refractivity contribution in [3.63, 3.8) is 0 Å². The zero-order valence-corrected chi connectivity index (χ0v) is 10.2. The van der Waals surface area contributed by atoms with Gasteiger partial charge in [0.2, 0.25) is 0 Å². The normalized spacial score (nSPS) is 23.1. The molecule has 1 unspecified atom stereocenters. The van der Waals surface area contributed by atoms with Crippen molar-refractivity contribution in [1.29, 1.82) is 0 Å². The maximum absolute atomic E-state index is 11.5. The molecule has 17 heavy (non-hydrogen) atoms. The van der Waals surface area contributed by atoms with E-state index in [1.54, 1.807) is 0 Å². The molecule has 1 heterocycles. The lowest BCUT2D eigenvalue weighted by Gasteiger charge is -2.23. The molecule has 0 aromatic heterocycles. The highest BCUT2D eigenvalue weighted by Crippen LogP contribution is 2.33. The third-order valence-corrected chi connectivity index (χ3v) is 3.45. The second-order valence-electron chi connectivity index (χ2n) is 4.98. The van der Waals surface area contributed by atoms with Gasteiger partial charge in [-0.3, -0.25) is 0 Å². The molecule has 0 aromatic rings. The quantitative estimate of drug-likeness (QED) is 0.662. The number of carbonyl (C=O) groups excluding carboxylic acids is 1. The van der Waals surface area contributed by atoms with Gasteiger partial charge in [-0.05, 0) is 38.0 Å². The summed E-state index contributed by atoms with van der Waals surface area (Å²) in [5.74, 6) is 0.482. The minimum absolute atomic E-state index is 0.125. The molecule has 0 radical (unpaired) electrons. The van der Waals surface area contributed by atoms with Crippen molar-refractivity contribution in [3.05, 3.63) is 0 Å². The van der Waals surface area contributed by atoms with E-state index in [1.807, 2.05) is 0 Å². The highest BCUT2D eigenvalue weighted by Gasteiger charge is 2.29. The molecule has 1 atom stereocenters. The largest absolute Gasteiger partial charge is 0.393 e. The first-order chi connectivity index (χ1) is 8.25. The molecule has 2 fully saturated rings.